The molecule has 2 saturated heterocycles. The van der Waals surface area contributed by atoms with E-state index in [9.17, 15) is 15.0 Å². The smallest absolute Gasteiger partial charge is 0.410 e. The molecule has 0 aromatic heterocycles. The molecule has 14 heavy (non-hydrogen) atoms. The molecule has 7 nitrogen and oxygen atoms in total. The van der Waals surface area contributed by atoms with Crippen molar-refractivity contribution >= 4 is 6.09 Å². The Balaban J connectivity index is 2.13. The Morgan fingerprint density at radius 1 is 1.36 bits per heavy atom. The summed E-state index contributed by atoms with van der Waals surface area (Å²) in [5.74, 6) is 0. The molecule has 0 aliphatic carbocycles. The first kappa shape index (κ1) is 9.66. The number of carbonyl (C=O) groups is 1. The maximum absolute atomic E-state index is 10.8. The van der Waals surface area contributed by atoms with Crippen molar-refractivity contribution in [3.8, 4) is 0 Å². The molecular formula is C7H11NO6. The fraction of sp³-hybridized carbons (Fsp3) is 0.857. The standard InChI is InChI=1S/C7H11NO6/c9-1-2-4(10)5(11)3-6(13-2)14-7(12)8-3/h2-6,9-11H,1H2,(H,8,12)/t2-,3-,4+,5-,6+/m1/s1. The van der Waals surface area contributed by atoms with Crippen molar-refractivity contribution in [1.29, 1.82) is 0 Å². The molecule has 80 valence electrons. The Hall–Kier alpha value is -0.890. The minimum atomic E-state index is -1.23. The third kappa shape index (κ3) is 1.34. The van der Waals surface area contributed by atoms with Crippen molar-refractivity contribution in [3.63, 3.8) is 0 Å². The van der Waals surface area contributed by atoms with E-state index >= 15 is 0 Å². The Morgan fingerprint density at radius 3 is 2.71 bits per heavy atom. The number of fused-ring (bicyclic) bond motifs is 1. The number of aliphatic hydroxyl groups excluding tert-OH is 3. The van der Waals surface area contributed by atoms with Gasteiger partial charge in [-0.05, 0) is 0 Å². The summed E-state index contributed by atoms with van der Waals surface area (Å²) in [5, 5.41) is 30.1. The van der Waals surface area contributed by atoms with Crippen molar-refractivity contribution in [1.82, 2.24) is 5.32 Å². The maximum atomic E-state index is 10.8. The zero-order chi connectivity index (χ0) is 10.3. The van der Waals surface area contributed by atoms with E-state index in [0.717, 1.165) is 0 Å². The highest BCUT2D eigenvalue weighted by atomic mass is 16.7. The summed E-state index contributed by atoms with van der Waals surface area (Å²) in [6.45, 7) is -0.445. The highest BCUT2D eigenvalue weighted by Gasteiger charge is 2.50. The number of hydrogen-bond donors (Lipinski definition) is 4. The molecule has 2 aliphatic heterocycles. The van der Waals surface area contributed by atoms with Gasteiger partial charge in [-0.15, -0.1) is 0 Å². The van der Waals surface area contributed by atoms with Crippen molar-refractivity contribution < 1.29 is 29.6 Å². The first-order chi connectivity index (χ1) is 6.63. The lowest BCUT2D eigenvalue weighted by Gasteiger charge is -2.36. The van der Waals surface area contributed by atoms with Gasteiger partial charge in [0.25, 0.3) is 0 Å². The molecule has 0 saturated carbocycles. The van der Waals surface area contributed by atoms with Gasteiger partial charge in [0.15, 0.2) is 0 Å². The number of nitrogens with one attached hydrogen (secondary N) is 1. The molecule has 4 N–H and O–H groups in total. The van der Waals surface area contributed by atoms with Crippen LogP contribution in [0.25, 0.3) is 0 Å². The van der Waals surface area contributed by atoms with Crippen LogP contribution in [-0.2, 0) is 9.47 Å². The van der Waals surface area contributed by atoms with E-state index in [4.69, 9.17) is 9.84 Å². The maximum Gasteiger partial charge on any atom is 0.410 e. The quantitative estimate of drug-likeness (QED) is 0.378. The molecule has 7 heteroatoms. The fourth-order valence-corrected chi connectivity index (χ4v) is 1.61. The number of aliphatic hydroxyl groups is 3. The van der Waals surface area contributed by atoms with Gasteiger partial charge >= 0.3 is 6.09 Å². The van der Waals surface area contributed by atoms with Gasteiger partial charge in [0.2, 0.25) is 6.29 Å². The van der Waals surface area contributed by atoms with Gasteiger partial charge in [0.1, 0.15) is 24.4 Å². The highest BCUT2D eigenvalue weighted by Crippen LogP contribution is 2.25. The average Bonchev–Trinajstić information content (AvgIpc) is 2.52. The average molecular weight is 205 g/mol. The molecule has 0 spiro atoms. The summed E-state index contributed by atoms with van der Waals surface area (Å²) in [7, 11) is 0. The van der Waals surface area contributed by atoms with Gasteiger partial charge < -0.3 is 30.1 Å². The molecule has 2 aliphatic rings. The third-order valence-electron chi connectivity index (χ3n) is 2.39. The summed E-state index contributed by atoms with van der Waals surface area (Å²) in [6, 6.07) is -0.778. The highest BCUT2D eigenvalue weighted by molar-refractivity contribution is 5.70. The van der Waals surface area contributed by atoms with E-state index in [0.29, 0.717) is 0 Å². The zero-order valence-electron chi connectivity index (χ0n) is 7.16. The summed E-state index contributed by atoms with van der Waals surface area (Å²) < 4.78 is 9.71. The second kappa shape index (κ2) is 3.35. The van der Waals surface area contributed by atoms with E-state index in [1.54, 1.807) is 0 Å². The first-order valence-electron chi connectivity index (χ1n) is 4.23. The van der Waals surface area contributed by atoms with E-state index in [1.807, 2.05) is 0 Å². The predicted octanol–water partition coefficient (Wildman–Crippen LogP) is -2.47. The molecule has 2 heterocycles. The van der Waals surface area contributed by atoms with Gasteiger partial charge in [-0.2, -0.15) is 0 Å². The monoisotopic (exact) mass is 205 g/mol. The Kier molecular flexibility index (Phi) is 2.31. The Labute approximate surface area is 79.2 Å². The predicted molar refractivity (Wildman–Crippen MR) is 41.2 cm³/mol. The Morgan fingerprint density at radius 2 is 2.07 bits per heavy atom. The lowest BCUT2D eigenvalue weighted by Crippen LogP contribution is -2.60. The summed E-state index contributed by atoms with van der Waals surface area (Å²) in [6.07, 6.45) is -5.01. The van der Waals surface area contributed by atoms with Crippen LogP contribution in [0.4, 0.5) is 4.79 Å². The van der Waals surface area contributed by atoms with Crippen LogP contribution in [0.3, 0.4) is 0 Å². The first-order valence-corrected chi connectivity index (χ1v) is 4.23. The van der Waals surface area contributed by atoms with Crippen LogP contribution in [0.5, 0.6) is 0 Å². The van der Waals surface area contributed by atoms with Crippen LogP contribution in [0.1, 0.15) is 0 Å². The molecule has 0 aromatic rings. The van der Waals surface area contributed by atoms with Crippen LogP contribution in [0, 0.1) is 0 Å². The van der Waals surface area contributed by atoms with Crippen molar-refractivity contribution in [2.45, 2.75) is 30.6 Å². The topological polar surface area (TPSA) is 108 Å². The normalized spacial score (nSPS) is 46.8. The number of carbonyl (C=O) groups excluding carboxylic acids is 1. The minimum absolute atomic E-state index is 0.445. The van der Waals surface area contributed by atoms with Gasteiger partial charge in [-0.3, -0.25) is 0 Å². The van der Waals surface area contributed by atoms with Crippen molar-refractivity contribution in [2.24, 2.45) is 0 Å². The number of amides is 1. The molecular weight excluding hydrogens is 194 g/mol. The number of ether oxygens (including phenoxy) is 2. The molecule has 0 bridgehead atoms. The summed E-state index contributed by atoms with van der Waals surface area (Å²) >= 11 is 0. The van der Waals surface area contributed by atoms with Gasteiger partial charge in [-0.1, -0.05) is 0 Å². The van der Waals surface area contributed by atoms with Crippen molar-refractivity contribution in [2.75, 3.05) is 6.61 Å². The van der Waals surface area contributed by atoms with Crippen LogP contribution in [0.15, 0.2) is 0 Å². The molecule has 0 radical (unpaired) electrons. The van der Waals surface area contributed by atoms with Crippen LogP contribution < -0.4 is 5.32 Å². The van der Waals surface area contributed by atoms with Gasteiger partial charge in [-0.25, -0.2) is 4.79 Å². The van der Waals surface area contributed by atoms with Crippen LogP contribution in [0.2, 0.25) is 0 Å². The van der Waals surface area contributed by atoms with E-state index in [1.165, 1.54) is 0 Å². The van der Waals surface area contributed by atoms with E-state index < -0.39 is 43.3 Å². The lowest BCUT2D eigenvalue weighted by molar-refractivity contribution is -0.234. The van der Waals surface area contributed by atoms with E-state index in [-0.39, 0.29) is 0 Å². The molecule has 5 atom stereocenters. The third-order valence-corrected chi connectivity index (χ3v) is 2.39. The van der Waals surface area contributed by atoms with Gasteiger partial charge in [0, 0.05) is 0 Å². The number of rotatable bonds is 1. The largest absolute Gasteiger partial charge is 0.417 e. The van der Waals surface area contributed by atoms with Gasteiger partial charge in [0.05, 0.1) is 6.61 Å². The second-order valence-electron chi connectivity index (χ2n) is 3.28. The molecule has 1 amide bonds. The summed E-state index contributed by atoms with van der Waals surface area (Å²) in [4.78, 5) is 10.8. The van der Waals surface area contributed by atoms with E-state index in [2.05, 4.69) is 10.1 Å². The van der Waals surface area contributed by atoms with Crippen LogP contribution in [-0.4, -0.2) is 58.7 Å². The molecule has 2 fully saturated rings. The number of alkyl carbamates (subject to hydrolysis) is 1. The lowest BCUT2D eigenvalue weighted by atomic mass is 9.98. The minimum Gasteiger partial charge on any atom is -0.417 e. The molecule has 0 unspecified atom stereocenters. The fourth-order valence-electron chi connectivity index (χ4n) is 1.61. The second-order valence-corrected chi connectivity index (χ2v) is 3.28. The Bertz CT molecular complexity index is 246. The van der Waals surface area contributed by atoms with Crippen LogP contribution >= 0.6 is 0 Å². The number of hydrogen-bond acceptors (Lipinski definition) is 6. The summed E-state index contributed by atoms with van der Waals surface area (Å²) in [5.41, 5.74) is 0. The zero-order valence-corrected chi connectivity index (χ0v) is 7.16. The van der Waals surface area contributed by atoms with Crippen molar-refractivity contribution in [3.05, 3.63) is 0 Å². The SMILES string of the molecule is O=C1N[C@H]2[C@H](O1)O[C@H](CO)[C@H](O)[C@@H]2O. The molecule has 0 aromatic carbocycles. The molecule has 2 rings (SSSR count).